The van der Waals surface area contributed by atoms with E-state index in [2.05, 4.69) is 0 Å². The highest BCUT2D eigenvalue weighted by Crippen LogP contribution is 2.27. The van der Waals surface area contributed by atoms with Crippen LogP contribution in [-0.2, 0) is 9.59 Å². The molecule has 0 bridgehead atoms. The summed E-state index contributed by atoms with van der Waals surface area (Å²) >= 11 is 6.08. The highest BCUT2D eigenvalue weighted by atomic mass is 35.5. The quantitative estimate of drug-likeness (QED) is 0.874. The first kappa shape index (κ1) is 16.5. The van der Waals surface area contributed by atoms with Gasteiger partial charge in [-0.2, -0.15) is 0 Å². The first-order valence-electron chi connectivity index (χ1n) is 6.60. The molecule has 0 atom stereocenters. The Balaban J connectivity index is 3.05. The van der Waals surface area contributed by atoms with Gasteiger partial charge in [-0.05, 0) is 30.5 Å². The van der Waals surface area contributed by atoms with Gasteiger partial charge in [0.1, 0.15) is 0 Å². The van der Waals surface area contributed by atoms with Crippen LogP contribution in [0.2, 0.25) is 5.02 Å². The lowest BCUT2D eigenvalue weighted by Gasteiger charge is -2.25. The van der Waals surface area contributed by atoms with Gasteiger partial charge in [-0.15, -0.1) is 0 Å². The number of aliphatic carboxylic acids is 1. The number of hydrogen-bond donors (Lipinski definition) is 1. The second-order valence-corrected chi connectivity index (χ2v) is 5.58. The summed E-state index contributed by atoms with van der Waals surface area (Å²) in [5.41, 5.74) is 1.47. The fourth-order valence-electron chi connectivity index (χ4n) is 1.93. The SMILES string of the molecule is Cc1c(Cl)cccc1N(CCC(=O)O)C(=O)CC(C)C. The molecule has 4 nitrogen and oxygen atoms in total. The fourth-order valence-corrected chi connectivity index (χ4v) is 2.10. The molecule has 1 aromatic rings. The molecule has 1 N–H and O–H groups in total. The Hall–Kier alpha value is -1.55. The first-order chi connectivity index (χ1) is 9.32. The number of carboxylic acid groups (broad SMARTS) is 1. The summed E-state index contributed by atoms with van der Waals surface area (Å²) in [5, 5.41) is 9.40. The third kappa shape index (κ3) is 4.53. The van der Waals surface area contributed by atoms with Gasteiger partial charge < -0.3 is 10.0 Å². The molecule has 20 heavy (non-hydrogen) atoms. The summed E-state index contributed by atoms with van der Waals surface area (Å²) in [4.78, 5) is 24.6. The number of halogens is 1. The van der Waals surface area contributed by atoms with Gasteiger partial charge in [-0.25, -0.2) is 0 Å². The molecule has 0 spiro atoms. The Morgan fingerprint density at radius 1 is 1.35 bits per heavy atom. The van der Waals surface area contributed by atoms with Crippen molar-refractivity contribution in [2.45, 2.75) is 33.6 Å². The Morgan fingerprint density at radius 2 is 2.00 bits per heavy atom. The molecular formula is C15H20ClNO3. The minimum absolute atomic E-state index is 0.0772. The third-order valence-electron chi connectivity index (χ3n) is 2.96. The van der Waals surface area contributed by atoms with Crippen molar-refractivity contribution in [3.63, 3.8) is 0 Å². The number of benzene rings is 1. The minimum Gasteiger partial charge on any atom is -0.481 e. The van der Waals surface area contributed by atoms with Crippen LogP contribution in [0.1, 0.15) is 32.3 Å². The molecule has 0 fully saturated rings. The van der Waals surface area contributed by atoms with E-state index in [4.69, 9.17) is 16.7 Å². The van der Waals surface area contributed by atoms with Crippen molar-refractivity contribution >= 4 is 29.2 Å². The zero-order valence-corrected chi connectivity index (χ0v) is 12.8. The molecule has 1 aromatic carbocycles. The van der Waals surface area contributed by atoms with E-state index < -0.39 is 5.97 Å². The van der Waals surface area contributed by atoms with Gasteiger partial charge in [0, 0.05) is 23.7 Å². The van der Waals surface area contributed by atoms with Crippen LogP contribution >= 0.6 is 11.6 Å². The maximum Gasteiger partial charge on any atom is 0.305 e. The average molecular weight is 298 g/mol. The van der Waals surface area contributed by atoms with Crippen LogP contribution in [0.5, 0.6) is 0 Å². The summed E-state index contributed by atoms with van der Waals surface area (Å²) in [6, 6.07) is 5.31. The van der Waals surface area contributed by atoms with E-state index in [1.54, 1.807) is 18.2 Å². The van der Waals surface area contributed by atoms with Crippen molar-refractivity contribution in [3.8, 4) is 0 Å². The fraction of sp³-hybridized carbons (Fsp3) is 0.467. The van der Waals surface area contributed by atoms with E-state index in [1.165, 1.54) is 4.90 Å². The summed E-state index contributed by atoms with van der Waals surface area (Å²) in [6.07, 6.45) is 0.293. The summed E-state index contributed by atoms with van der Waals surface area (Å²) in [5.74, 6) is -0.784. The van der Waals surface area contributed by atoms with E-state index in [0.717, 1.165) is 5.56 Å². The molecule has 1 rings (SSSR count). The first-order valence-corrected chi connectivity index (χ1v) is 6.98. The van der Waals surface area contributed by atoms with Crippen molar-refractivity contribution < 1.29 is 14.7 Å². The van der Waals surface area contributed by atoms with Gasteiger partial charge in [-0.1, -0.05) is 31.5 Å². The Morgan fingerprint density at radius 3 is 2.55 bits per heavy atom. The lowest BCUT2D eigenvalue weighted by molar-refractivity contribution is -0.136. The number of anilines is 1. The van der Waals surface area contributed by atoms with Crippen LogP contribution in [0.25, 0.3) is 0 Å². The van der Waals surface area contributed by atoms with E-state index in [1.807, 2.05) is 20.8 Å². The van der Waals surface area contributed by atoms with E-state index in [9.17, 15) is 9.59 Å². The number of rotatable bonds is 6. The van der Waals surface area contributed by atoms with Gasteiger partial charge in [0.25, 0.3) is 0 Å². The lowest BCUT2D eigenvalue weighted by Crippen LogP contribution is -2.34. The number of amides is 1. The van der Waals surface area contributed by atoms with Crippen LogP contribution in [0.3, 0.4) is 0 Å². The smallest absolute Gasteiger partial charge is 0.305 e. The van der Waals surface area contributed by atoms with Crippen molar-refractivity contribution in [1.29, 1.82) is 0 Å². The Bertz CT molecular complexity index is 500. The molecule has 0 aliphatic rings. The third-order valence-corrected chi connectivity index (χ3v) is 3.37. The summed E-state index contributed by atoms with van der Waals surface area (Å²) in [6.45, 7) is 5.90. The molecule has 1 amide bonds. The zero-order chi connectivity index (χ0) is 15.3. The predicted octanol–water partition coefficient (Wildman–Crippen LogP) is 3.50. The van der Waals surface area contributed by atoms with Crippen molar-refractivity contribution in [2.24, 2.45) is 5.92 Å². The summed E-state index contributed by atoms with van der Waals surface area (Å²) < 4.78 is 0. The van der Waals surface area contributed by atoms with E-state index in [-0.39, 0.29) is 24.8 Å². The number of carboxylic acids is 1. The van der Waals surface area contributed by atoms with Gasteiger partial charge in [-0.3, -0.25) is 9.59 Å². The highest BCUT2D eigenvalue weighted by Gasteiger charge is 2.20. The molecule has 0 aromatic heterocycles. The zero-order valence-electron chi connectivity index (χ0n) is 12.0. The molecule has 110 valence electrons. The van der Waals surface area contributed by atoms with Crippen molar-refractivity contribution in [1.82, 2.24) is 0 Å². The van der Waals surface area contributed by atoms with Crippen molar-refractivity contribution in [3.05, 3.63) is 28.8 Å². The molecular weight excluding hydrogens is 278 g/mol. The van der Waals surface area contributed by atoms with E-state index >= 15 is 0 Å². The molecule has 0 saturated carbocycles. The maximum absolute atomic E-state index is 12.3. The molecule has 0 radical (unpaired) electrons. The normalized spacial score (nSPS) is 10.7. The van der Waals surface area contributed by atoms with Crippen LogP contribution < -0.4 is 4.90 Å². The van der Waals surface area contributed by atoms with Gasteiger partial charge >= 0.3 is 5.97 Å². The average Bonchev–Trinajstić information content (AvgIpc) is 2.33. The van der Waals surface area contributed by atoms with Crippen LogP contribution in [0.4, 0.5) is 5.69 Å². The van der Waals surface area contributed by atoms with Crippen LogP contribution in [0, 0.1) is 12.8 Å². The number of nitrogens with zero attached hydrogens (tertiary/aromatic N) is 1. The highest BCUT2D eigenvalue weighted by molar-refractivity contribution is 6.31. The molecule has 0 saturated heterocycles. The number of carbonyl (C=O) groups is 2. The topological polar surface area (TPSA) is 57.6 Å². The molecule has 0 heterocycles. The monoisotopic (exact) mass is 297 g/mol. The van der Waals surface area contributed by atoms with E-state index in [0.29, 0.717) is 17.1 Å². The molecule has 0 unspecified atom stereocenters. The Labute approximate surface area is 124 Å². The standard InChI is InChI=1S/C15H20ClNO3/c1-10(2)9-14(18)17(8-7-15(19)20)13-6-4-5-12(16)11(13)3/h4-6,10H,7-9H2,1-3H3,(H,19,20). The Kier molecular flexibility index (Phi) is 6.02. The minimum atomic E-state index is -0.924. The number of hydrogen-bond acceptors (Lipinski definition) is 2. The van der Waals surface area contributed by atoms with Gasteiger partial charge in [0.15, 0.2) is 0 Å². The number of carbonyl (C=O) groups excluding carboxylic acids is 1. The van der Waals surface area contributed by atoms with Gasteiger partial charge in [0.2, 0.25) is 5.91 Å². The van der Waals surface area contributed by atoms with Crippen LogP contribution in [0.15, 0.2) is 18.2 Å². The second kappa shape index (κ2) is 7.29. The molecule has 0 aliphatic heterocycles. The van der Waals surface area contributed by atoms with Gasteiger partial charge in [0.05, 0.1) is 6.42 Å². The summed E-state index contributed by atoms with van der Waals surface area (Å²) in [7, 11) is 0. The van der Waals surface area contributed by atoms with Crippen molar-refractivity contribution in [2.75, 3.05) is 11.4 Å². The van der Waals surface area contributed by atoms with Crippen LogP contribution in [-0.4, -0.2) is 23.5 Å². The lowest BCUT2D eigenvalue weighted by atomic mass is 10.1. The molecule has 5 heteroatoms. The molecule has 0 aliphatic carbocycles. The predicted molar refractivity (Wildman–Crippen MR) is 80.2 cm³/mol. The maximum atomic E-state index is 12.3. The second-order valence-electron chi connectivity index (χ2n) is 5.17. The largest absolute Gasteiger partial charge is 0.481 e.